The number of rotatable bonds is 5. The molecule has 114 valence electrons. The monoisotopic (exact) mass is 309 g/mol. The number of aliphatic hydroxyl groups is 1. The first-order valence-electron chi connectivity index (χ1n) is 6.61. The summed E-state index contributed by atoms with van der Waals surface area (Å²) in [6.45, 7) is 5.54. The van der Waals surface area contributed by atoms with E-state index in [2.05, 4.69) is 9.82 Å². The van der Waals surface area contributed by atoms with Gasteiger partial charge in [0.15, 0.2) is 0 Å². The predicted molar refractivity (Wildman–Crippen MR) is 80.5 cm³/mol. The number of sulfonamides is 1. The molecule has 0 atom stereocenters. The Morgan fingerprint density at radius 2 is 2.10 bits per heavy atom. The summed E-state index contributed by atoms with van der Waals surface area (Å²) < 4.78 is 28.8. The second-order valence-electron chi connectivity index (χ2n) is 5.15. The molecule has 0 bridgehead atoms. The highest BCUT2D eigenvalue weighted by Crippen LogP contribution is 2.19. The Bertz CT molecular complexity index is 736. The quantitative estimate of drug-likeness (QED) is 0.885. The molecule has 0 aliphatic rings. The fraction of sp³-hybridized carbons (Fsp3) is 0.357. The summed E-state index contributed by atoms with van der Waals surface area (Å²) in [5, 5.41) is 13.3. The second-order valence-corrected chi connectivity index (χ2v) is 6.84. The van der Waals surface area contributed by atoms with Crippen molar-refractivity contribution in [1.29, 1.82) is 0 Å². The van der Waals surface area contributed by atoms with Crippen LogP contribution in [0.25, 0.3) is 0 Å². The molecule has 7 heteroatoms. The Morgan fingerprint density at radius 3 is 2.67 bits per heavy atom. The third kappa shape index (κ3) is 3.43. The number of nitrogens with zero attached hydrogens (tertiary/aromatic N) is 2. The van der Waals surface area contributed by atoms with Crippen LogP contribution in [0, 0.1) is 6.92 Å². The van der Waals surface area contributed by atoms with Gasteiger partial charge in [-0.3, -0.25) is 9.40 Å². The summed E-state index contributed by atoms with van der Waals surface area (Å²) in [7, 11) is -3.69. The molecule has 21 heavy (non-hydrogen) atoms. The molecule has 0 saturated heterocycles. The van der Waals surface area contributed by atoms with Gasteiger partial charge in [-0.2, -0.15) is 5.10 Å². The van der Waals surface area contributed by atoms with Crippen molar-refractivity contribution < 1.29 is 13.5 Å². The smallest absolute Gasteiger partial charge is 0.262 e. The molecule has 0 radical (unpaired) electrons. The maximum atomic E-state index is 12.3. The van der Waals surface area contributed by atoms with Gasteiger partial charge < -0.3 is 5.11 Å². The lowest BCUT2D eigenvalue weighted by molar-refractivity contribution is 0.281. The van der Waals surface area contributed by atoms with Gasteiger partial charge in [-0.1, -0.05) is 6.07 Å². The number of hydrogen-bond donors (Lipinski definition) is 2. The third-order valence-corrected chi connectivity index (χ3v) is 4.56. The molecule has 0 amide bonds. The molecule has 0 spiro atoms. The van der Waals surface area contributed by atoms with Gasteiger partial charge in [-0.15, -0.1) is 0 Å². The summed E-state index contributed by atoms with van der Waals surface area (Å²) in [5.74, 6) is 0. The average Bonchev–Trinajstić information content (AvgIpc) is 2.87. The fourth-order valence-corrected chi connectivity index (χ4v) is 2.95. The molecular formula is C14H19N3O3S. The van der Waals surface area contributed by atoms with Gasteiger partial charge in [-0.05, 0) is 44.0 Å². The summed E-state index contributed by atoms with van der Waals surface area (Å²) in [4.78, 5) is 0.120. The van der Waals surface area contributed by atoms with Crippen LogP contribution in [0.1, 0.15) is 31.0 Å². The van der Waals surface area contributed by atoms with Crippen LogP contribution >= 0.6 is 0 Å². The summed E-state index contributed by atoms with van der Waals surface area (Å²) in [5.41, 5.74) is 1.86. The topological polar surface area (TPSA) is 84.2 Å². The minimum atomic E-state index is -3.69. The Labute approximate surface area is 124 Å². The Balaban J connectivity index is 2.29. The summed E-state index contributed by atoms with van der Waals surface area (Å²) in [6.07, 6.45) is 3.11. The van der Waals surface area contributed by atoms with Crippen LogP contribution in [-0.2, 0) is 16.6 Å². The number of aliphatic hydroxyl groups excluding tert-OH is 1. The molecule has 6 nitrogen and oxygen atoms in total. The Hall–Kier alpha value is -1.86. The number of hydrogen-bond acceptors (Lipinski definition) is 4. The van der Waals surface area contributed by atoms with Crippen LogP contribution in [0.2, 0.25) is 0 Å². The molecule has 0 unspecified atom stereocenters. The number of aromatic nitrogens is 2. The minimum absolute atomic E-state index is 0.120. The zero-order valence-electron chi connectivity index (χ0n) is 12.2. The lowest BCUT2D eigenvalue weighted by atomic mass is 10.1. The van der Waals surface area contributed by atoms with E-state index in [1.807, 2.05) is 20.8 Å². The molecule has 2 N–H and O–H groups in total. The number of benzene rings is 1. The Kier molecular flexibility index (Phi) is 4.34. The largest absolute Gasteiger partial charge is 0.392 e. The zero-order valence-corrected chi connectivity index (χ0v) is 13.1. The van der Waals surface area contributed by atoms with E-state index in [1.54, 1.807) is 16.9 Å². The average molecular weight is 309 g/mol. The highest BCUT2D eigenvalue weighted by atomic mass is 32.2. The van der Waals surface area contributed by atoms with Crippen molar-refractivity contribution in [3.8, 4) is 0 Å². The first-order chi connectivity index (χ1) is 9.83. The van der Waals surface area contributed by atoms with Gasteiger partial charge in [0.1, 0.15) is 0 Å². The van der Waals surface area contributed by atoms with Crippen LogP contribution in [0.15, 0.2) is 35.5 Å². The van der Waals surface area contributed by atoms with Crippen LogP contribution in [0.5, 0.6) is 0 Å². The molecule has 1 aromatic carbocycles. The normalized spacial score (nSPS) is 11.9. The first-order valence-corrected chi connectivity index (χ1v) is 8.09. The van der Waals surface area contributed by atoms with Gasteiger partial charge in [0, 0.05) is 12.2 Å². The Morgan fingerprint density at radius 1 is 1.38 bits per heavy atom. The summed E-state index contributed by atoms with van der Waals surface area (Å²) >= 11 is 0. The van der Waals surface area contributed by atoms with E-state index < -0.39 is 10.0 Å². The number of anilines is 1. The van der Waals surface area contributed by atoms with Crippen molar-refractivity contribution in [3.05, 3.63) is 41.7 Å². The van der Waals surface area contributed by atoms with E-state index in [0.717, 1.165) is 5.56 Å². The van der Waals surface area contributed by atoms with Gasteiger partial charge in [-0.25, -0.2) is 8.42 Å². The van der Waals surface area contributed by atoms with Crippen LogP contribution in [0.4, 0.5) is 5.69 Å². The van der Waals surface area contributed by atoms with E-state index in [9.17, 15) is 13.5 Å². The maximum Gasteiger partial charge on any atom is 0.262 e. The van der Waals surface area contributed by atoms with Gasteiger partial charge in [0.05, 0.1) is 23.4 Å². The zero-order chi connectivity index (χ0) is 15.6. The maximum absolute atomic E-state index is 12.3. The molecule has 1 heterocycles. The molecular weight excluding hydrogens is 290 g/mol. The van der Waals surface area contributed by atoms with Crippen molar-refractivity contribution >= 4 is 15.7 Å². The SMILES string of the molecule is Cc1ccc(S(=O)(=O)Nc2cnn(C(C)C)c2)cc1CO. The minimum Gasteiger partial charge on any atom is -0.392 e. The number of nitrogens with one attached hydrogen (secondary N) is 1. The number of aryl methyl sites for hydroxylation is 1. The van der Waals surface area contributed by atoms with Gasteiger partial charge in [0.25, 0.3) is 10.0 Å². The molecule has 1 aromatic heterocycles. The van der Waals surface area contributed by atoms with Crippen LogP contribution in [0.3, 0.4) is 0 Å². The molecule has 0 fully saturated rings. The molecule has 0 aliphatic heterocycles. The highest BCUT2D eigenvalue weighted by Gasteiger charge is 2.16. The van der Waals surface area contributed by atoms with Crippen molar-refractivity contribution in [1.82, 2.24) is 9.78 Å². The van der Waals surface area contributed by atoms with E-state index in [1.165, 1.54) is 18.3 Å². The van der Waals surface area contributed by atoms with E-state index in [-0.39, 0.29) is 17.5 Å². The highest BCUT2D eigenvalue weighted by molar-refractivity contribution is 7.92. The second kappa shape index (κ2) is 5.87. The van der Waals surface area contributed by atoms with Gasteiger partial charge >= 0.3 is 0 Å². The summed E-state index contributed by atoms with van der Waals surface area (Å²) in [6, 6.07) is 4.83. The van der Waals surface area contributed by atoms with E-state index >= 15 is 0 Å². The fourth-order valence-electron chi connectivity index (χ4n) is 1.87. The van der Waals surface area contributed by atoms with Crippen LogP contribution in [-0.4, -0.2) is 23.3 Å². The lowest BCUT2D eigenvalue weighted by Gasteiger charge is -2.09. The van der Waals surface area contributed by atoms with E-state index in [0.29, 0.717) is 11.3 Å². The third-order valence-electron chi connectivity index (χ3n) is 3.18. The van der Waals surface area contributed by atoms with Gasteiger partial charge in [0.2, 0.25) is 0 Å². The van der Waals surface area contributed by atoms with Crippen molar-refractivity contribution in [3.63, 3.8) is 0 Å². The molecule has 0 saturated carbocycles. The van der Waals surface area contributed by atoms with Crippen molar-refractivity contribution in [2.24, 2.45) is 0 Å². The van der Waals surface area contributed by atoms with Crippen molar-refractivity contribution in [2.75, 3.05) is 4.72 Å². The van der Waals surface area contributed by atoms with Crippen LogP contribution < -0.4 is 4.72 Å². The molecule has 0 aliphatic carbocycles. The standard InChI is InChI=1S/C14H19N3O3S/c1-10(2)17-8-13(7-15-17)16-21(19,20)14-5-4-11(3)12(6-14)9-18/h4-8,10,16,18H,9H2,1-3H3. The molecule has 2 rings (SSSR count). The lowest BCUT2D eigenvalue weighted by Crippen LogP contribution is -2.13. The molecule has 2 aromatic rings. The predicted octanol–water partition coefficient (Wildman–Crippen LogP) is 2.07. The first kappa shape index (κ1) is 15.5. The van der Waals surface area contributed by atoms with Crippen molar-refractivity contribution in [2.45, 2.75) is 38.3 Å². The van der Waals surface area contributed by atoms with E-state index in [4.69, 9.17) is 0 Å².